The first-order valence-corrected chi connectivity index (χ1v) is 36.1. The Morgan fingerprint density at radius 3 is 1.20 bits per heavy atom. The lowest BCUT2D eigenvalue weighted by Gasteiger charge is -2.29. The second-order valence-electron chi connectivity index (χ2n) is 26.6. The first-order valence-electron chi connectivity index (χ1n) is 35.0. The second-order valence-corrected chi connectivity index (χ2v) is 27.2. The smallest absolute Gasteiger partial charge is 0.326 e. The van der Waals surface area contributed by atoms with Crippen molar-refractivity contribution < 1.29 is 127 Å². The third kappa shape index (κ3) is 39.4. The van der Waals surface area contributed by atoms with E-state index in [0.29, 0.717) is 6.42 Å². The van der Waals surface area contributed by atoms with Crippen LogP contribution in [0.1, 0.15) is 146 Å². The molecule has 0 spiro atoms. The molecule has 44 heteroatoms. The van der Waals surface area contributed by atoms with Gasteiger partial charge in [0.15, 0.2) is 0 Å². The van der Waals surface area contributed by atoms with Crippen molar-refractivity contribution in [2.45, 2.75) is 225 Å². The highest BCUT2D eigenvalue weighted by Gasteiger charge is 2.38. The first-order chi connectivity index (χ1) is 50.8. The minimum atomic E-state index is -1.90. The fourth-order valence-electron chi connectivity index (χ4n) is 9.87. The van der Waals surface area contributed by atoms with Gasteiger partial charge in [-0.3, -0.25) is 91.1 Å². The van der Waals surface area contributed by atoms with Gasteiger partial charge >= 0.3 is 23.9 Å². The average molecular weight is 1620 g/mol. The Labute approximate surface area is 636 Å². The lowest BCUT2D eigenvalue weighted by molar-refractivity contribution is -0.144. The van der Waals surface area contributed by atoms with Crippen LogP contribution in [0.25, 0.3) is 0 Å². The van der Waals surface area contributed by atoms with Crippen LogP contribution in [0.3, 0.4) is 0 Å². The number of carbonyl (C=O) groups excluding carboxylic acids is 16. The third-order valence-corrected chi connectivity index (χ3v) is 16.7. The highest BCUT2D eigenvalue weighted by atomic mass is 79.9. The van der Waals surface area contributed by atoms with E-state index >= 15 is 0 Å². The Morgan fingerprint density at radius 1 is 0.385 bits per heavy atom. The van der Waals surface area contributed by atoms with E-state index in [4.69, 9.17) is 11.5 Å². The van der Waals surface area contributed by atoms with E-state index in [1.165, 1.54) is 34.6 Å². The predicted molar refractivity (Wildman–Crippen MR) is 384 cm³/mol. The molecule has 0 aromatic rings. The van der Waals surface area contributed by atoms with E-state index < -0.39 is 286 Å². The van der Waals surface area contributed by atoms with E-state index in [-0.39, 0.29) is 43.5 Å². The standard InChI is InChI=1S/C65H108BrN17O26/c1-11-32(8)52(65(108)109)82-60(103)39(22-29(2)3)75-45(89)26-71-62(105)53(34(10)85)83-61(104)41(28-84)79-63(106)51(31(6)7)81-64(107)50(30(4)5)80-46(90)27-69-54(97)33(9)72-56(99)35(14-12-13-21-67)76-58(101)37(16-19-47(91)92)78-59(102)38(17-20-48(93)94)77-57(100)36(15-18-42(68)86)73-44(88)25-70-55(98)40(23-49(95)96)74-43(87)24-66/h29-41,50-53,84-85H,11-28,67H2,1-10H3,(H2,68,86)(H,69,97)(H,70,98)(H,71,105)(H,72,99)(H,73,88)(H,74,87)(H,75,89)(H,76,101)(H,77,100)(H,78,102)(H,79,106)(H,80,90)(H,81,107)(H,82,103)(H,83,104)(H,91,92)(H,93,94)(H,95,96)(H,108,109)/t32-,33-,34+,35-,36-,37-,38-,39-,40-,41-,50-,51-,52-,53-/m0/s1. The van der Waals surface area contributed by atoms with Gasteiger partial charge in [0.25, 0.3) is 0 Å². The van der Waals surface area contributed by atoms with Crippen LogP contribution in [0.2, 0.25) is 0 Å². The maximum Gasteiger partial charge on any atom is 0.326 e. The van der Waals surface area contributed by atoms with Crippen molar-refractivity contribution in [3.05, 3.63) is 0 Å². The summed E-state index contributed by atoms with van der Waals surface area (Å²) in [6, 6.07) is -19.3. The molecule has 0 aliphatic rings. The fourth-order valence-corrected chi connectivity index (χ4v) is 10.0. The number of aliphatic hydroxyl groups excluding tert-OH is 2. The summed E-state index contributed by atoms with van der Waals surface area (Å²) in [4.78, 5) is 259. The number of nitrogens with one attached hydrogen (secondary N) is 15. The molecule has 0 aliphatic heterocycles. The molecule has 0 saturated heterocycles. The summed E-state index contributed by atoms with van der Waals surface area (Å²) in [7, 11) is 0. The molecule has 0 aromatic heterocycles. The molecule has 25 N–H and O–H groups in total. The molecular formula is C65H108BrN17O26. The molecule has 0 saturated carbocycles. The Hall–Kier alpha value is -10.2. The lowest BCUT2D eigenvalue weighted by Crippen LogP contribution is -2.62. The number of hydrogen-bond acceptors (Lipinski definition) is 23. The number of nitrogens with two attached hydrogens (primary N) is 2. The number of carboxylic acids is 4. The van der Waals surface area contributed by atoms with Crippen LogP contribution >= 0.6 is 15.9 Å². The SMILES string of the molecule is CC[C@H](C)[C@H](NC(=O)[C@H](CC(C)C)NC(=O)CNC(=O)[C@@H](NC(=O)[C@H](CO)NC(=O)[C@@H](NC(=O)[C@@H](NC(=O)CNC(=O)[C@H](C)NC(=O)[C@H](CCCCN)NC(=O)[C@H](CCC(=O)O)NC(=O)[C@H](CCC(=O)O)NC(=O)[C@H](CCC(N)=O)NC(=O)CNC(=O)[C@H](CC(=O)O)NC(=O)CBr)C(C)C)C(C)C)[C@@H](C)O)C(=O)O. The van der Waals surface area contributed by atoms with E-state index in [0.717, 1.165) is 6.92 Å². The highest BCUT2D eigenvalue weighted by Crippen LogP contribution is 2.14. The number of unbranched alkanes of at least 4 members (excludes halogenated alkanes) is 1. The van der Waals surface area contributed by atoms with Crippen LogP contribution in [-0.2, 0) is 95.9 Å². The Kier molecular flexibility index (Phi) is 46.4. The summed E-state index contributed by atoms with van der Waals surface area (Å²) in [6.07, 6.45) is -6.08. The zero-order valence-corrected chi connectivity index (χ0v) is 64.0. The first kappa shape index (κ1) is 98.8. The van der Waals surface area contributed by atoms with E-state index in [2.05, 4.69) is 95.7 Å². The molecule has 0 heterocycles. The minimum Gasteiger partial charge on any atom is -0.481 e. The van der Waals surface area contributed by atoms with E-state index in [1.54, 1.807) is 27.7 Å². The minimum absolute atomic E-state index is 0.0754. The number of primary amides is 1. The van der Waals surface area contributed by atoms with Gasteiger partial charge in [0.05, 0.1) is 44.1 Å². The van der Waals surface area contributed by atoms with Crippen molar-refractivity contribution in [3.8, 4) is 0 Å². The summed E-state index contributed by atoms with van der Waals surface area (Å²) in [5.41, 5.74) is 10.9. The van der Waals surface area contributed by atoms with Gasteiger partial charge in [-0.25, -0.2) is 4.79 Å². The molecule has 616 valence electrons. The summed E-state index contributed by atoms with van der Waals surface area (Å²) >= 11 is 2.84. The van der Waals surface area contributed by atoms with Crippen LogP contribution in [0.15, 0.2) is 0 Å². The largest absolute Gasteiger partial charge is 0.481 e. The van der Waals surface area contributed by atoms with Gasteiger partial charge in [0, 0.05) is 19.3 Å². The molecule has 14 atom stereocenters. The molecule has 0 aliphatic carbocycles. The van der Waals surface area contributed by atoms with Crippen LogP contribution in [0.5, 0.6) is 0 Å². The van der Waals surface area contributed by atoms with Gasteiger partial charge in [-0.05, 0) is 89.0 Å². The Bertz CT molecular complexity index is 3200. The van der Waals surface area contributed by atoms with Crippen LogP contribution in [-0.4, -0.2) is 266 Å². The number of amides is 16. The second kappa shape index (κ2) is 51.2. The molecule has 109 heavy (non-hydrogen) atoms. The number of rotatable bonds is 54. The number of aliphatic carboxylic acids is 4. The predicted octanol–water partition coefficient (Wildman–Crippen LogP) is -7.97. The molecule has 0 radical (unpaired) electrons. The van der Waals surface area contributed by atoms with Gasteiger partial charge in [0.2, 0.25) is 94.5 Å². The zero-order chi connectivity index (χ0) is 83.7. The van der Waals surface area contributed by atoms with E-state index in [9.17, 15) is 127 Å². The third-order valence-electron chi connectivity index (χ3n) is 16.2. The Morgan fingerprint density at radius 2 is 0.771 bits per heavy atom. The number of halogens is 1. The number of aliphatic hydroxyl groups is 2. The van der Waals surface area contributed by atoms with Crippen LogP contribution in [0.4, 0.5) is 0 Å². The molecule has 0 unspecified atom stereocenters. The molecule has 0 aromatic carbocycles. The molecule has 16 amide bonds. The van der Waals surface area contributed by atoms with Crippen molar-refractivity contribution in [1.29, 1.82) is 0 Å². The van der Waals surface area contributed by atoms with Crippen molar-refractivity contribution in [3.63, 3.8) is 0 Å². The number of carboxylic acid groups (broad SMARTS) is 4. The number of carbonyl (C=O) groups is 20. The fraction of sp³-hybridized carbons (Fsp3) is 0.692. The van der Waals surface area contributed by atoms with Gasteiger partial charge < -0.3 is 122 Å². The van der Waals surface area contributed by atoms with Gasteiger partial charge in [-0.2, -0.15) is 0 Å². The number of hydrogen-bond donors (Lipinski definition) is 23. The van der Waals surface area contributed by atoms with E-state index in [1.807, 2.05) is 0 Å². The maximum absolute atomic E-state index is 14.1. The summed E-state index contributed by atoms with van der Waals surface area (Å²) in [5.74, 6) is -24.8. The molecule has 0 rings (SSSR count). The van der Waals surface area contributed by atoms with Crippen molar-refractivity contribution >= 4 is 134 Å². The average Bonchev–Trinajstić information content (AvgIpc) is 0.858. The monoisotopic (exact) mass is 1620 g/mol. The molecule has 0 fully saturated rings. The Balaban J connectivity index is 6.35. The quantitative estimate of drug-likeness (QED) is 0.0199. The highest BCUT2D eigenvalue weighted by molar-refractivity contribution is 9.09. The normalized spacial score (nSPS) is 14.9. The van der Waals surface area contributed by atoms with Crippen molar-refractivity contribution in [2.75, 3.05) is 38.1 Å². The number of alkyl halides is 1. The van der Waals surface area contributed by atoms with Gasteiger partial charge in [0.1, 0.15) is 72.5 Å². The van der Waals surface area contributed by atoms with Crippen LogP contribution < -0.4 is 91.2 Å². The maximum atomic E-state index is 14.1. The molecular weight excluding hydrogens is 1510 g/mol. The summed E-state index contributed by atoms with van der Waals surface area (Å²) in [6.45, 7) is 11.5. The van der Waals surface area contributed by atoms with Crippen LogP contribution in [0, 0.1) is 23.7 Å². The summed E-state index contributed by atoms with van der Waals surface area (Å²) < 4.78 is 0. The van der Waals surface area contributed by atoms with Gasteiger partial charge in [-0.15, -0.1) is 0 Å². The lowest BCUT2D eigenvalue weighted by atomic mass is 9.97. The topological polar surface area (TPSA) is 695 Å². The zero-order valence-electron chi connectivity index (χ0n) is 62.4. The summed E-state index contributed by atoms with van der Waals surface area (Å²) in [5, 5.41) is 92.7. The van der Waals surface area contributed by atoms with Crippen molar-refractivity contribution in [2.24, 2.45) is 35.1 Å². The van der Waals surface area contributed by atoms with Crippen molar-refractivity contribution in [1.82, 2.24) is 79.8 Å². The molecule has 43 nitrogen and oxygen atoms in total. The molecule has 0 bridgehead atoms. The van der Waals surface area contributed by atoms with Gasteiger partial charge in [-0.1, -0.05) is 77.7 Å².